The maximum atomic E-state index is 13.5. The van der Waals surface area contributed by atoms with E-state index in [1.54, 1.807) is 4.68 Å². The highest BCUT2D eigenvalue weighted by atomic mass is 79.9. The molecule has 0 bridgehead atoms. The topological polar surface area (TPSA) is 56.7 Å². The Kier molecular flexibility index (Phi) is 4.49. The molecule has 2 N–H and O–H groups in total. The SMILES string of the molecule is CC(C)n1ncnc1CC(N)c1ccc(F)c(F)c1Br. The van der Waals surface area contributed by atoms with E-state index < -0.39 is 17.7 Å². The van der Waals surface area contributed by atoms with E-state index in [2.05, 4.69) is 26.0 Å². The van der Waals surface area contributed by atoms with Crippen molar-refractivity contribution < 1.29 is 8.78 Å². The fourth-order valence-corrected chi connectivity index (χ4v) is 2.60. The molecule has 20 heavy (non-hydrogen) atoms. The Balaban J connectivity index is 2.26. The van der Waals surface area contributed by atoms with Crippen molar-refractivity contribution >= 4 is 15.9 Å². The molecule has 0 aliphatic carbocycles. The Morgan fingerprint density at radius 2 is 2.05 bits per heavy atom. The van der Waals surface area contributed by atoms with Gasteiger partial charge in [-0.15, -0.1) is 0 Å². The highest BCUT2D eigenvalue weighted by molar-refractivity contribution is 9.10. The first-order valence-electron chi connectivity index (χ1n) is 6.19. The van der Waals surface area contributed by atoms with E-state index in [9.17, 15) is 8.78 Å². The molecule has 1 aromatic carbocycles. The number of benzene rings is 1. The van der Waals surface area contributed by atoms with Gasteiger partial charge >= 0.3 is 0 Å². The number of rotatable bonds is 4. The summed E-state index contributed by atoms with van der Waals surface area (Å²) in [5.41, 5.74) is 6.58. The zero-order valence-electron chi connectivity index (χ0n) is 11.1. The first-order valence-corrected chi connectivity index (χ1v) is 6.98. The molecule has 4 nitrogen and oxygen atoms in total. The van der Waals surface area contributed by atoms with Gasteiger partial charge in [0.25, 0.3) is 0 Å². The van der Waals surface area contributed by atoms with Gasteiger partial charge < -0.3 is 5.73 Å². The lowest BCUT2D eigenvalue weighted by Crippen LogP contribution is -2.19. The van der Waals surface area contributed by atoms with Crippen LogP contribution >= 0.6 is 15.9 Å². The van der Waals surface area contributed by atoms with Crippen LogP contribution in [-0.4, -0.2) is 14.8 Å². The fraction of sp³-hybridized carbons (Fsp3) is 0.385. The second-order valence-corrected chi connectivity index (χ2v) is 5.58. The summed E-state index contributed by atoms with van der Waals surface area (Å²) in [7, 11) is 0. The monoisotopic (exact) mass is 344 g/mol. The van der Waals surface area contributed by atoms with Gasteiger partial charge in [0.2, 0.25) is 0 Å². The van der Waals surface area contributed by atoms with Crippen molar-refractivity contribution in [2.24, 2.45) is 5.73 Å². The predicted molar refractivity (Wildman–Crippen MR) is 75.1 cm³/mol. The van der Waals surface area contributed by atoms with Crippen molar-refractivity contribution in [1.29, 1.82) is 0 Å². The minimum absolute atomic E-state index is 0.0561. The van der Waals surface area contributed by atoms with Crippen molar-refractivity contribution in [3.05, 3.63) is 46.0 Å². The van der Waals surface area contributed by atoms with Gasteiger partial charge in [0.15, 0.2) is 11.6 Å². The summed E-state index contributed by atoms with van der Waals surface area (Å²) >= 11 is 3.05. The highest BCUT2D eigenvalue weighted by Crippen LogP contribution is 2.28. The second-order valence-electron chi connectivity index (χ2n) is 4.79. The van der Waals surface area contributed by atoms with Crippen LogP contribution in [0.2, 0.25) is 0 Å². The van der Waals surface area contributed by atoms with Crippen LogP contribution in [0.4, 0.5) is 8.78 Å². The molecule has 1 atom stereocenters. The third kappa shape index (κ3) is 2.88. The molecule has 2 aromatic rings. The van der Waals surface area contributed by atoms with Crippen LogP contribution in [0.5, 0.6) is 0 Å². The molecule has 108 valence electrons. The summed E-state index contributed by atoms with van der Waals surface area (Å²) in [5.74, 6) is -1.12. The van der Waals surface area contributed by atoms with Crippen LogP contribution in [0.1, 0.15) is 37.3 Å². The van der Waals surface area contributed by atoms with E-state index in [1.165, 1.54) is 12.4 Å². The number of nitrogens with zero attached hydrogens (tertiary/aromatic N) is 3. The van der Waals surface area contributed by atoms with Gasteiger partial charge in [-0.2, -0.15) is 5.10 Å². The maximum Gasteiger partial charge on any atom is 0.173 e. The Morgan fingerprint density at radius 3 is 2.70 bits per heavy atom. The molecule has 1 heterocycles. The first-order chi connectivity index (χ1) is 9.41. The van der Waals surface area contributed by atoms with Gasteiger partial charge in [-0.3, -0.25) is 0 Å². The quantitative estimate of drug-likeness (QED) is 0.866. The van der Waals surface area contributed by atoms with E-state index in [-0.39, 0.29) is 10.5 Å². The third-order valence-corrected chi connectivity index (χ3v) is 3.81. The average Bonchev–Trinajstić information content (AvgIpc) is 2.84. The number of hydrogen-bond donors (Lipinski definition) is 1. The predicted octanol–water partition coefficient (Wildman–Crippen LogP) is 3.14. The second kappa shape index (κ2) is 5.97. The van der Waals surface area contributed by atoms with Gasteiger partial charge in [-0.05, 0) is 41.4 Å². The zero-order chi connectivity index (χ0) is 14.9. The van der Waals surface area contributed by atoms with Crippen LogP contribution in [0.15, 0.2) is 22.9 Å². The van der Waals surface area contributed by atoms with E-state index in [4.69, 9.17) is 5.73 Å². The lowest BCUT2D eigenvalue weighted by molar-refractivity contribution is 0.486. The van der Waals surface area contributed by atoms with Crippen molar-refractivity contribution in [2.45, 2.75) is 32.4 Å². The van der Waals surface area contributed by atoms with Crippen molar-refractivity contribution in [3.63, 3.8) is 0 Å². The standard InChI is InChI=1S/C13H15BrF2N4/c1-7(2)20-11(18-6-19-20)5-10(17)8-3-4-9(15)13(16)12(8)14/h3-4,6-7,10H,5,17H2,1-2H3. The van der Waals surface area contributed by atoms with E-state index >= 15 is 0 Å². The van der Waals surface area contributed by atoms with E-state index in [0.717, 1.165) is 6.07 Å². The maximum absolute atomic E-state index is 13.5. The lowest BCUT2D eigenvalue weighted by Gasteiger charge is -2.16. The van der Waals surface area contributed by atoms with Gasteiger partial charge in [-0.1, -0.05) is 6.07 Å². The minimum atomic E-state index is -0.928. The van der Waals surface area contributed by atoms with E-state index in [1.807, 2.05) is 13.8 Å². The number of aromatic nitrogens is 3. The number of halogens is 3. The fourth-order valence-electron chi connectivity index (χ4n) is 1.99. The summed E-state index contributed by atoms with van der Waals surface area (Å²) in [6, 6.07) is 2.21. The van der Waals surface area contributed by atoms with Gasteiger partial charge in [-0.25, -0.2) is 18.4 Å². The third-order valence-electron chi connectivity index (χ3n) is 3.00. The Labute approximate surface area is 124 Å². The van der Waals surface area contributed by atoms with Gasteiger partial charge in [0.05, 0.1) is 4.47 Å². The highest BCUT2D eigenvalue weighted by Gasteiger charge is 2.19. The summed E-state index contributed by atoms with van der Waals surface area (Å²) in [6.07, 6.45) is 1.85. The smallest absolute Gasteiger partial charge is 0.173 e. The summed E-state index contributed by atoms with van der Waals surface area (Å²) in [5, 5.41) is 4.12. The van der Waals surface area contributed by atoms with Crippen LogP contribution < -0.4 is 5.73 Å². The number of hydrogen-bond acceptors (Lipinski definition) is 3. The largest absolute Gasteiger partial charge is 0.324 e. The summed E-state index contributed by atoms with van der Waals surface area (Å²) < 4.78 is 28.4. The average molecular weight is 345 g/mol. The van der Waals surface area contributed by atoms with Gasteiger partial charge in [0, 0.05) is 18.5 Å². The first kappa shape index (κ1) is 15.1. The van der Waals surface area contributed by atoms with Crippen molar-refractivity contribution in [1.82, 2.24) is 14.8 Å². The molecule has 0 saturated carbocycles. The Hall–Kier alpha value is -1.34. The van der Waals surface area contributed by atoms with Crippen LogP contribution in [0.3, 0.4) is 0 Å². The molecule has 1 unspecified atom stereocenters. The minimum Gasteiger partial charge on any atom is -0.324 e. The molecule has 1 aromatic heterocycles. The van der Waals surface area contributed by atoms with Crippen molar-refractivity contribution in [2.75, 3.05) is 0 Å². The lowest BCUT2D eigenvalue weighted by atomic mass is 10.0. The molecular formula is C13H15BrF2N4. The molecule has 0 aliphatic heterocycles. The summed E-state index contributed by atoms with van der Waals surface area (Å²) in [6.45, 7) is 3.97. The van der Waals surface area contributed by atoms with Crippen LogP contribution in [0.25, 0.3) is 0 Å². The molecule has 0 aliphatic rings. The zero-order valence-corrected chi connectivity index (χ0v) is 12.7. The molecule has 0 radical (unpaired) electrons. The van der Waals surface area contributed by atoms with Crippen molar-refractivity contribution in [3.8, 4) is 0 Å². The Morgan fingerprint density at radius 1 is 1.35 bits per heavy atom. The molecule has 0 saturated heterocycles. The van der Waals surface area contributed by atoms with Crippen LogP contribution in [0, 0.1) is 11.6 Å². The Bertz CT molecular complexity index is 612. The van der Waals surface area contributed by atoms with Crippen LogP contribution in [-0.2, 0) is 6.42 Å². The molecule has 0 fully saturated rings. The molecule has 0 amide bonds. The molecule has 7 heteroatoms. The van der Waals surface area contributed by atoms with E-state index in [0.29, 0.717) is 17.8 Å². The normalized spacial score (nSPS) is 12.9. The molecular weight excluding hydrogens is 330 g/mol. The molecule has 0 spiro atoms. The summed E-state index contributed by atoms with van der Waals surface area (Å²) in [4.78, 5) is 4.16. The van der Waals surface area contributed by atoms with Gasteiger partial charge in [0.1, 0.15) is 12.2 Å². The molecule has 2 rings (SSSR count). The number of nitrogens with two attached hydrogens (primary N) is 1.